The molecule has 2 aliphatic heterocycles. The van der Waals surface area contributed by atoms with Gasteiger partial charge >= 0.3 is 17.9 Å². The Morgan fingerprint density at radius 3 is 1.73 bits per heavy atom. The van der Waals surface area contributed by atoms with Crippen LogP contribution in [0.1, 0.15) is 34.3 Å². The van der Waals surface area contributed by atoms with Crippen molar-refractivity contribution < 1.29 is 43.2 Å². The molecule has 0 aliphatic carbocycles. The molecule has 9 nitrogen and oxygen atoms in total. The van der Waals surface area contributed by atoms with Gasteiger partial charge in [-0.15, -0.1) is 0 Å². The Kier molecular flexibility index (Phi) is 11.1. The fraction of sp³-hybridized carbons (Fsp3) is 0.361. The van der Waals surface area contributed by atoms with E-state index in [-0.39, 0.29) is 5.56 Å². The molecule has 0 unspecified atom stereocenters. The molecule has 0 radical (unpaired) electrons. The van der Waals surface area contributed by atoms with Crippen LogP contribution in [0.4, 0.5) is 0 Å². The lowest BCUT2D eigenvalue weighted by Gasteiger charge is -2.44. The maximum Gasteiger partial charge on any atom is 0.338 e. The van der Waals surface area contributed by atoms with Crippen LogP contribution in [0.2, 0.25) is 0 Å². The first kappa shape index (κ1) is 32.1. The Labute approximate surface area is 262 Å². The summed E-state index contributed by atoms with van der Waals surface area (Å²) in [6, 6.07) is 27.5. The monoisotopic (exact) mass is 614 g/mol. The lowest BCUT2D eigenvalue weighted by Crippen LogP contribution is -2.63. The minimum absolute atomic E-state index is 0.256. The summed E-state index contributed by atoms with van der Waals surface area (Å²) in [5.74, 6) is -2.97. The predicted octanol–water partition coefficient (Wildman–Crippen LogP) is 4.47. The molecule has 2 aliphatic rings. The summed E-state index contributed by atoms with van der Waals surface area (Å²) < 4.78 is 29.6. The highest BCUT2D eigenvalue weighted by molar-refractivity contribution is 5.89. The number of carbonyl (C=O) groups is 3. The Morgan fingerprint density at radius 2 is 1.24 bits per heavy atom. The van der Waals surface area contributed by atoms with Crippen LogP contribution in [-0.2, 0) is 46.1 Å². The van der Waals surface area contributed by atoms with Crippen molar-refractivity contribution in [2.24, 2.45) is 11.8 Å². The number of carbonyl (C=O) groups excluding carboxylic acids is 3. The van der Waals surface area contributed by atoms with Crippen molar-refractivity contribution in [1.29, 1.82) is 0 Å². The zero-order chi connectivity index (χ0) is 31.6. The van der Waals surface area contributed by atoms with Crippen molar-refractivity contribution in [2.75, 3.05) is 13.7 Å². The van der Waals surface area contributed by atoms with Gasteiger partial charge in [-0.1, -0.05) is 91.0 Å². The summed E-state index contributed by atoms with van der Waals surface area (Å²) in [5, 5.41) is 10.3. The van der Waals surface area contributed by atoms with Gasteiger partial charge in [0, 0.05) is 7.11 Å². The first-order valence-corrected chi connectivity index (χ1v) is 15.2. The number of aliphatic hydroxyl groups excluding tert-OH is 1. The normalized spacial score (nSPS) is 27.2. The molecule has 9 heteroatoms. The average molecular weight is 615 g/mol. The van der Waals surface area contributed by atoms with Crippen LogP contribution in [0, 0.1) is 11.8 Å². The van der Waals surface area contributed by atoms with E-state index in [0.717, 1.165) is 11.1 Å². The van der Waals surface area contributed by atoms with E-state index in [1.165, 1.54) is 7.11 Å². The van der Waals surface area contributed by atoms with Gasteiger partial charge < -0.3 is 28.8 Å². The molecule has 0 amide bonds. The van der Waals surface area contributed by atoms with E-state index in [1.54, 1.807) is 30.3 Å². The highest BCUT2D eigenvalue weighted by Crippen LogP contribution is 2.32. The standard InChI is InChI=1S/C36H38O9/c1-41-36-32-31(30(29(23-37)42-36)43-33(38)26-17-9-4-10-18-26)44-34(39)27(21-24-13-5-2-6-14-24)19-11-12-20-28(35(40)45-32)22-25-15-7-3-8-16-25/h2-18,27-32,36-37H,19-23H2,1H3/t27-,28-,29+,30+,31-,32-,36-/m0/s1. The molecule has 0 aromatic heterocycles. The second-order valence-electron chi connectivity index (χ2n) is 11.2. The lowest BCUT2D eigenvalue weighted by atomic mass is 9.92. The molecule has 1 fully saturated rings. The molecule has 0 bridgehead atoms. The van der Waals surface area contributed by atoms with Gasteiger partial charge in [0.25, 0.3) is 0 Å². The fourth-order valence-electron chi connectivity index (χ4n) is 5.69. The second-order valence-corrected chi connectivity index (χ2v) is 11.2. The number of hydrogen-bond donors (Lipinski definition) is 1. The molecule has 236 valence electrons. The molecule has 3 aromatic carbocycles. The summed E-state index contributed by atoms with van der Waals surface area (Å²) in [6.45, 7) is -0.575. The van der Waals surface area contributed by atoms with Crippen molar-refractivity contribution in [3.05, 3.63) is 120 Å². The Bertz CT molecular complexity index is 1430. The molecule has 0 spiro atoms. The van der Waals surface area contributed by atoms with Gasteiger partial charge in [0.1, 0.15) is 6.10 Å². The topological polar surface area (TPSA) is 118 Å². The summed E-state index contributed by atoms with van der Waals surface area (Å²) in [6.07, 6.45) is -0.917. The van der Waals surface area contributed by atoms with Crippen LogP contribution in [0.3, 0.4) is 0 Å². The third-order valence-electron chi connectivity index (χ3n) is 8.08. The zero-order valence-electron chi connectivity index (χ0n) is 25.1. The average Bonchev–Trinajstić information content (AvgIpc) is 3.07. The van der Waals surface area contributed by atoms with E-state index in [4.69, 9.17) is 23.7 Å². The van der Waals surface area contributed by atoms with E-state index in [9.17, 15) is 19.5 Å². The Balaban J connectivity index is 1.52. The van der Waals surface area contributed by atoms with Crippen LogP contribution < -0.4 is 0 Å². The van der Waals surface area contributed by atoms with E-state index < -0.39 is 67.1 Å². The molecule has 45 heavy (non-hydrogen) atoms. The molecule has 7 atom stereocenters. The second kappa shape index (κ2) is 15.6. The van der Waals surface area contributed by atoms with Gasteiger partial charge in [0.15, 0.2) is 24.6 Å². The maximum atomic E-state index is 13.9. The van der Waals surface area contributed by atoms with Crippen LogP contribution >= 0.6 is 0 Å². The first-order valence-electron chi connectivity index (χ1n) is 15.2. The molecule has 1 N–H and O–H groups in total. The SMILES string of the molecule is CO[C@H]1O[C@H](CO)[C@@H](OC(=O)c2ccccc2)[C@@H]2OC(=O)[C@H](Cc3ccccc3)CC=CC[C@@H](Cc3ccccc3)C(=O)O[C@H]12. The number of ether oxygens (including phenoxy) is 5. The van der Waals surface area contributed by atoms with Gasteiger partial charge in [-0.2, -0.15) is 0 Å². The van der Waals surface area contributed by atoms with Crippen molar-refractivity contribution in [3.8, 4) is 0 Å². The number of rotatable bonds is 8. The molecular formula is C36H38O9. The van der Waals surface area contributed by atoms with E-state index in [2.05, 4.69) is 0 Å². The van der Waals surface area contributed by atoms with Crippen LogP contribution in [-0.4, -0.2) is 67.4 Å². The molecular weight excluding hydrogens is 576 g/mol. The number of methoxy groups -OCH3 is 1. The highest BCUT2D eigenvalue weighted by atomic mass is 16.7. The van der Waals surface area contributed by atoms with Gasteiger partial charge in [-0.25, -0.2) is 4.79 Å². The van der Waals surface area contributed by atoms with Crippen LogP contribution in [0.5, 0.6) is 0 Å². The number of fused-ring (bicyclic) bond motifs is 1. The van der Waals surface area contributed by atoms with Crippen molar-refractivity contribution >= 4 is 17.9 Å². The lowest BCUT2D eigenvalue weighted by molar-refractivity contribution is -0.301. The van der Waals surface area contributed by atoms with Crippen molar-refractivity contribution in [2.45, 2.75) is 56.4 Å². The molecule has 2 heterocycles. The number of aliphatic hydroxyl groups is 1. The van der Waals surface area contributed by atoms with Gasteiger partial charge in [0.2, 0.25) is 0 Å². The fourth-order valence-corrected chi connectivity index (χ4v) is 5.69. The van der Waals surface area contributed by atoms with Crippen molar-refractivity contribution in [3.63, 3.8) is 0 Å². The maximum absolute atomic E-state index is 13.9. The minimum atomic E-state index is -1.33. The minimum Gasteiger partial charge on any atom is -0.454 e. The van der Waals surface area contributed by atoms with Crippen LogP contribution in [0.25, 0.3) is 0 Å². The van der Waals surface area contributed by atoms with Crippen molar-refractivity contribution in [1.82, 2.24) is 0 Å². The summed E-state index contributed by atoms with van der Waals surface area (Å²) in [7, 11) is 1.36. The van der Waals surface area contributed by atoms with Gasteiger partial charge in [-0.3, -0.25) is 9.59 Å². The van der Waals surface area contributed by atoms with E-state index >= 15 is 0 Å². The number of esters is 3. The summed E-state index contributed by atoms with van der Waals surface area (Å²) in [4.78, 5) is 40.9. The number of hydrogen-bond acceptors (Lipinski definition) is 9. The molecule has 0 saturated carbocycles. The molecule has 5 rings (SSSR count). The third-order valence-corrected chi connectivity index (χ3v) is 8.08. The quantitative estimate of drug-likeness (QED) is 0.223. The Morgan fingerprint density at radius 1 is 0.756 bits per heavy atom. The van der Waals surface area contributed by atoms with Gasteiger partial charge in [0.05, 0.1) is 24.0 Å². The predicted molar refractivity (Wildman–Crippen MR) is 164 cm³/mol. The zero-order valence-corrected chi connectivity index (χ0v) is 25.1. The smallest absolute Gasteiger partial charge is 0.338 e. The molecule has 1 saturated heterocycles. The number of allylic oxidation sites excluding steroid dienone is 2. The first-order chi connectivity index (χ1) is 22.0. The summed E-state index contributed by atoms with van der Waals surface area (Å²) >= 11 is 0. The Hall–Kier alpha value is -4.31. The van der Waals surface area contributed by atoms with Crippen LogP contribution in [0.15, 0.2) is 103 Å². The van der Waals surface area contributed by atoms with E-state index in [1.807, 2.05) is 72.8 Å². The third kappa shape index (κ3) is 8.25. The molecule has 3 aromatic rings. The highest BCUT2D eigenvalue weighted by Gasteiger charge is 2.53. The largest absolute Gasteiger partial charge is 0.454 e. The van der Waals surface area contributed by atoms with Gasteiger partial charge in [-0.05, 0) is 48.9 Å². The number of benzene rings is 3. The van der Waals surface area contributed by atoms with E-state index in [0.29, 0.717) is 25.7 Å². The summed E-state index contributed by atoms with van der Waals surface area (Å²) in [5.41, 5.74) is 2.17.